The lowest BCUT2D eigenvalue weighted by Gasteiger charge is -2.36. The summed E-state index contributed by atoms with van der Waals surface area (Å²) < 4.78 is 11.0. The van der Waals surface area contributed by atoms with Crippen LogP contribution in [0.1, 0.15) is 39.0 Å². The van der Waals surface area contributed by atoms with Gasteiger partial charge in [0, 0.05) is 25.8 Å². The summed E-state index contributed by atoms with van der Waals surface area (Å²) >= 11 is 0. The first kappa shape index (κ1) is 16.5. The number of carbonyl (C=O) groups excluding carboxylic acids is 1. The standard InChI is InChI=1S/C15H28N2O4/c1-12(10-21-14-6-9-20-11-14)16-15(19)17-7-3-2-4-13(17)5-8-18/h12-14,18H,2-11H2,1H3,(H,16,19)/t12-,13-,14-/m1/s1. The van der Waals surface area contributed by atoms with Crippen LogP contribution in [0.2, 0.25) is 0 Å². The largest absolute Gasteiger partial charge is 0.396 e. The highest BCUT2D eigenvalue weighted by atomic mass is 16.5. The summed E-state index contributed by atoms with van der Waals surface area (Å²) in [6.45, 7) is 4.81. The highest BCUT2D eigenvalue weighted by Crippen LogP contribution is 2.19. The van der Waals surface area contributed by atoms with Crippen molar-refractivity contribution in [1.29, 1.82) is 0 Å². The van der Waals surface area contributed by atoms with Crippen molar-refractivity contribution in [2.75, 3.05) is 33.0 Å². The van der Waals surface area contributed by atoms with E-state index in [0.717, 1.165) is 38.8 Å². The van der Waals surface area contributed by atoms with Gasteiger partial charge < -0.3 is 24.8 Å². The van der Waals surface area contributed by atoms with Gasteiger partial charge in [0.25, 0.3) is 0 Å². The van der Waals surface area contributed by atoms with Crippen LogP contribution in [0.3, 0.4) is 0 Å². The number of amides is 2. The van der Waals surface area contributed by atoms with Crippen molar-refractivity contribution in [2.24, 2.45) is 0 Å². The molecule has 0 radical (unpaired) electrons. The van der Waals surface area contributed by atoms with Crippen LogP contribution in [0.5, 0.6) is 0 Å². The second-order valence-electron chi connectivity index (χ2n) is 6.02. The zero-order valence-corrected chi connectivity index (χ0v) is 12.9. The number of rotatable bonds is 6. The Hall–Kier alpha value is -0.850. The first-order valence-corrected chi connectivity index (χ1v) is 8.08. The van der Waals surface area contributed by atoms with Crippen molar-refractivity contribution in [2.45, 2.75) is 57.2 Å². The zero-order valence-electron chi connectivity index (χ0n) is 12.9. The molecule has 0 bridgehead atoms. The van der Waals surface area contributed by atoms with Gasteiger partial charge in [-0.25, -0.2) is 4.79 Å². The zero-order chi connectivity index (χ0) is 15.1. The predicted octanol–water partition coefficient (Wildman–Crippen LogP) is 1.13. The number of nitrogens with zero attached hydrogens (tertiary/aromatic N) is 1. The number of ether oxygens (including phenoxy) is 2. The number of piperidine rings is 1. The molecule has 2 saturated heterocycles. The van der Waals surface area contributed by atoms with Gasteiger partial charge in [-0.15, -0.1) is 0 Å². The highest BCUT2D eigenvalue weighted by molar-refractivity contribution is 5.75. The molecule has 2 aliphatic rings. The molecule has 0 unspecified atom stereocenters. The summed E-state index contributed by atoms with van der Waals surface area (Å²) in [7, 11) is 0. The molecule has 2 amide bonds. The SMILES string of the molecule is C[C@H](CO[C@@H]1CCOC1)NC(=O)N1CCCC[C@@H]1CCO. The summed E-state index contributed by atoms with van der Waals surface area (Å²) in [4.78, 5) is 14.2. The monoisotopic (exact) mass is 300 g/mol. The second-order valence-corrected chi connectivity index (χ2v) is 6.02. The van der Waals surface area contributed by atoms with Crippen LogP contribution in [-0.2, 0) is 9.47 Å². The Morgan fingerprint density at radius 3 is 3.05 bits per heavy atom. The number of likely N-dealkylation sites (tertiary alicyclic amines) is 1. The number of aliphatic hydroxyl groups is 1. The third-order valence-electron chi connectivity index (χ3n) is 4.19. The number of aliphatic hydroxyl groups excluding tert-OH is 1. The number of urea groups is 1. The Morgan fingerprint density at radius 2 is 2.33 bits per heavy atom. The molecule has 2 aliphatic heterocycles. The first-order valence-electron chi connectivity index (χ1n) is 8.08. The molecule has 2 fully saturated rings. The van der Waals surface area contributed by atoms with Gasteiger partial charge in [0.05, 0.1) is 25.4 Å². The van der Waals surface area contributed by atoms with Gasteiger partial charge in [-0.2, -0.15) is 0 Å². The van der Waals surface area contributed by atoms with E-state index < -0.39 is 0 Å². The van der Waals surface area contributed by atoms with Crippen molar-refractivity contribution in [3.8, 4) is 0 Å². The van der Waals surface area contributed by atoms with E-state index >= 15 is 0 Å². The minimum atomic E-state index is -0.0353. The van der Waals surface area contributed by atoms with E-state index in [1.165, 1.54) is 0 Å². The molecule has 21 heavy (non-hydrogen) atoms. The van der Waals surface area contributed by atoms with Gasteiger partial charge >= 0.3 is 6.03 Å². The second kappa shape index (κ2) is 8.56. The topological polar surface area (TPSA) is 71.0 Å². The molecule has 0 aromatic heterocycles. The normalized spacial score (nSPS) is 27.6. The number of carbonyl (C=O) groups is 1. The summed E-state index contributed by atoms with van der Waals surface area (Å²) in [5.41, 5.74) is 0. The van der Waals surface area contributed by atoms with Crippen LogP contribution in [0, 0.1) is 0 Å². The Morgan fingerprint density at radius 1 is 1.48 bits per heavy atom. The Kier molecular flexibility index (Phi) is 6.73. The van der Waals surface area contributed by atoms with Crippen LogP contribution in [0.25, 0.3) is 0 Å². The Labute approximate surface area is 126 Å². The van der Waals surface area contributed by atoms with Crippen molar-refractivity contribution >= 4 is 6.03 Å². The van der Waals surface area contributed by atoms with Crippen LogP contribution < -0.4 is 5.32 Å². The van der Waals surface area contributed by atoms with Gasteiger partial charge in [0.15, 0.2) is 0 Å². The molecule has 0 aromatic carbocycles. The van der Waals surface area contributed by atoms with Gasteiger partial charge in [0.1, 0.15) is 0 Å². The van der Waals surface area contributed by atoms with Crippen molar-refractivity contribution in [1.82, 2.24) is 10.2 Å². The summed E-state index contributed by atoms with van der Waals surface area (Å²) in [6, 6.07) is 0.113. The number of hydrogen-bond acceptors (Lipinski definition) is 4. The third kappa shape index (κ3) is 5.13. The Balaban J connectivity index is 1.73. The van der Waals surface area contributed by atoms with Gasteiger partial charge in [-0.3, -0.25) is 0 Å². The van der Waals surface area contributed by atoms with Crippen molar-refractivity contribution in [3.63, 3.8) is 0 Å². The maximum atomic E-state index is 12.3. The average Bonchev–Trinajstić information content (AvgIpc) is 2.99. The molecule has 0 saturated carbocycles. The molecular formula is C15H28N2O4. The fourth-order valence-corrected chi connectivity index (χ4v) is 2.98. The molecule has 3 atom stereocenters. The molecule has 6 heteroatoms. The lowest BCUT2D eigenvalue weighted by Crippen LogP contribution is -2.51. The van der Waals surface area contributed by atoms with E-state index in [0.29, 0.717) is 19.6 Å². The molecule has 2 heterocycles. The maximum Gasteiger partial charge on any atom is 0.317 e. The summed E-state index contributed by atoms with van der Waals surface area (Å²) in [5.74, 6) is 0. The minimum absolute atomic E-state index is 0.0187. The van der Waals surface area contributed by atoms with E-state index in [1.54, 1.807) is 0 Å². The van der Waals surface area contributed by atoms with Gasteiger partial charge in [0.2, 0.25) is 0 Å². The lowest BCUT2D eigenvalue weighted by atomic mass is 10.00. The molecule has 0 aromatic rings. The lowest BCUT2D eigenvalue weighted by molar-refractivity contribution is 0.0322. The number of nitrogens with one attached hydrogen (secondary N) is 1. The van der Waals surface area contributed by atoms with Crippen molar-refractivity contribution < 1.29 is 19.4 Å². The fraction of sp³-hybridized carbons (Fsp3) is 0.933. The smallest absolute Gasteiger partial charge is 0.317 e. The molecule has 6 nitrogen and oxygen atoms in total. The molecular weight excluding hydrogens is 272 g/mol. The summed E-state index contributed by atoms with van der Waals surface area (Å²) in [6.07, 6.45) is 4.93. The van der Waals surface area contributed by atoms with E-state index in [4.69, 9.17) is 14.6 Å². The molecule has 122 valence electrons. The quantitative estimate of drug-likeness (QED) is 0.771. The third-order valence-corrected chi connectivity index (χ3v) is 4.19. The maximum absolute atomic E-state index is 12.3. The van der Waals surface area contributed by atoms with Gasteiger partial charge in [-0.05, 0) is 39.0 Å². The van der Waals surface area contributed by atoms with Gasteiger partial charge in [-0.1, -0.05) is 0 Å². The molecule has 2 N–H and O–H groups in total. The predicted molar refractivity (Wildman–Crippen MR) is 79.2 cm³/mol. The van der Waals surface area contributed by atoms with Crippen LogP contribution in [-0.4, -0.2) is 67.2 Å². The molecule has 2 rings (SSSR count). The molecule has 0 spiro atoms. The highest BCUT2D eigenvalue weighted by Gasteiger charge is 2.27. The van der Waals surface area contributed by atoms with E-state index in [-0.39, 0.29) is 30.8 Å². The first-order chi connectivity index (χ1) is 10.2. The van der Waals surface area contributed by atoms with E-state index in [2.05, 4.69) is 5.32 Å². The van der Waals surface area contributed by atoms with E-state index in [9.17, 15) is 4.79 Å². The Bertz CT molecular complexity index is 319. The molecule has 0 aliphatic carbocycles. The number of hydrogen-bond donors (Lipinski definition) is 2. The summed E-state index contributed by atoms with van der Waals surface area (Å²) in [5, 5.41) is 12.1. The van der Waals surface area contributed by atoms with Crippen LogP contribution in [0.15, 0.2) is 0 Å². The van der Waals surface area contributed by atoms with E-state index in [1.807, 2.05) is 11.8 Å². The fourth-order valence-electron chi connectivity index (χ4n) is 2.98. The van der Waals surface area contributed by atoms with Crippen LogP contribution in [0.4, 0.5) is 4.79 Å². The van der Waals surface area contributed by atoms with Crippen molar-refractivity contribution in [3.05, 3.63) is 0 Å². The van der Waals surface area contributed by atoms with Crippen LogP contribution >= 0.6 is 0 Å². The minimum Gasteiger partial charge on any atom is -0.396 e. The average molecular weight is 300 g/mol.